The molecule has 1 unspecified atom stereocenters. The van der Waals surface area contributed by atoms with Gasteiger partial charge in [0.05, 0.1) is 0 Å². The third-order valence-electron chi connectivity index (χ3n) is 2.15. The molecular weight excluding hydrogens is 321 g/mol. The predicted molar refractivity (Wildman–Crippen MR) is 69.9 cm³/mol. The fourth-order valence-corrected chi connectivity index (χ4v) is 1.86. The maximum absolute atomic E-state index is 11.9. The minimum absolute atomic E-state index is 0.345. The van der Waals surface area contributed by atoms with Gasteiger partial charge in [0.1, 0.15) is 5.60 Å². The van der Waals surface area contributed by atoms with E-state index < -0.39 is 5.60 Å². The number of carbonyl (C=O) groups is 1. The van der Waals surface area contributed by atoms with Gasteiger partial charge >= 0.3 is 6.09 Å². The van der Waals surface area contributed by atoms with Crippen LogP contribution in [0.2, 0.25) is 0 Å². The normalized spacial score (nSPS) is 21.4. The summed E-state index contributed by atoms with van der Waals surface area (Å²) in [5.41, 5.74) is -0.478. The van der Waals surface area contributed by atoms with Crippen LogP contribution in [0.1, 0.15) is 34.1 Å². The minimum Gasteiger partial charge on any atom is -0.443 e. The van der Waals surface area contributed by atoms with E-state index in [4.69, 9.17) is 7.80 Å². The Morgan fingerprint density at radius 3 is 2.69 bits per heavy atom. The molecule has 5 heteroatoms. The summed E-state index contributed by atoms with van der Waals surface area (Å²) in [7, 11) is 0. The first-order valence-electron chi connectivity index (χ1n) is 5.33. The van der Waals surface area contributed by atoms with E-state index in [1.807, 2.05) is 26.8 Å². The molecule has 0 saturated carbocycles. The van der Waals surface area contributed by atoms with Crippen molar-refractivity contribution >= 4 is 29.1 Å². The molecule has 0 bridgehead atoms. The summed E-state index contributed by atoms with van der Waals surface area (Å²) in [6.45, 7) is 8.30. The van der Waals surface area contributed by atoms with Crippen molar-refractivity contribution in [3.8, 4) is 0 Å². The van der Waals surface area contributed by atoms with E-state index in [0.29, 0.717) is 18.3 Å². The molecule has 0 radical (unpaired) electrons. The number of hydrogen-bond donors (Lipinski definition) is 0. The molecule has 1 amide bonds. The SMILES string of the molecule is CC1CC=C(OI)N(C(=O)OC(C)(C)C)C1. The van der Waals surface area contributed by atoms with Gasteiger partial charge in [0.25, 0.3) is 0 Å². The summed E-state index contributed by atoms with van der Waals surface area (Å²) < 4.78 is 10.5. The second-order valence-electron chi connectivity index (χ2n) is 5.05. The third-order valence-corrected chi connectivity index (χ3v) is 2.60. The molecule has 0 aromatic carbocycles. The van der Waals surface area contributed by atoms with Crippen LogP contribution in [0, 0.1) is 5.92 Å². The second-order valence-corrected chi connectivity index (χ2v) is 5.49. The molecule has 0 fully saturated rings. The number of allylic oxidation sites excluding steroid dienone is 1. The summed E-state index contributed by atoms with van der Waals surface area (Å²) in [5, 5.41) is 0. The Balaban J connectivity index is 2.73. The molecule has 0 aliphatic carbocycles. The lowest BCUT2D eigenvalue weighted by Crippen LogP contribution is -2.40. The summed E-state index contributed by atoms with van der Waals surface area (Å²) in [6, 6.07) is 0. The molecule has 0 spiro atoms. The minimum atomic E-state index is -0.478. The zero-order valence-corrected chi connectivity index (χ0v) is 12.3. The highest BCUT2D eigenvalue weighted by atomic mass is 127. The smallest absolute Gasteiger partial charge is 0.417 e. The number of nitrogens with zero attached hydrogens (tertiary/aromatic N) is 1. The quantitative estimate of drug-likeness (QED) is 0.687. The Bertz CT molecular complexity index is 296. The summed E-state index contributed by atoms with van der Waals surface area (Å²) in [4.78, 5) is 13.5. The highest BCUT2D eigenvalue weighted by molar-refractivity contribution is 14.1. The highest BCUT2D eigenvalue weighted by Gasteiger charge is 2.29. The van der Waals surface area contributed by atoms with Crippen molar-refractivity contribution in [1.82, 2.24) is 4.90 Å². The molecule has 4 nitrogen and oxygen atoms in total. The summed E-state index contributed by atoms with van der Waals surface area (Å²) in [6.07, 6.45) is 2.50. The topological polar surface area (TPSA) is 38.8 Å². The van der Waals surface area contributed by atoms with Gasteiger partial charge in [-0.05, 0) is 39.2 Å². The number of rotatable bonds is 1. The predicted octanol–water partition coefficient (Wildman–Crippen LogP) is 3.47. The maximum Gasteiger partial charge on any atom is 0.417 e. The first-order valence-corrected chi connectivity index (χ1v) is 6.21. The van der Waals surface area contributed by atoms with Crippen LogP contribution in [0.3, 0.4) is 0 Å². The monoisotopic (exact) mass is 339 g/mol. The van der Waals surface area contributed by atoms with Crippen molar-refractivity contribution in [1.29, 1.82) is 0 Å². The zero-order valence-electron chi connectivity index (χ0n) is 10.1. The van der Waals surface area contributed by atoms with Crippen molar-refractivity contribution in [2.75, 3.05) is 6.54 Å². The molecule has 92 valence electrons. The lowest BCUT2D eigenvalue weighted by atomic mass is 10.0. The Hall–Kier alpha value is -0.460. The van der Waals surface area contributed by atoms with E-state index in [-0.39, 0.29) is 6.09 Å². The first-order chi connectivity index (χ1) is 7.33. The fraction of sp³-hybridized carbons (Fsp3) is 0.727. The molecule has 1 aliphatic heterocycles. The van der Waals surface area contributed by atoms with Gasteiger partial charge < -0.3 is 7.80 Å². The number of carbonyl (C=O) groups excluding carboxylic acids is 1. The van der Waals surface area contributed by atoms with Crippen LogP contribution >= 0.6 is 23.0 Å². The van der Waals surface area contributed by atoms with Gasteiger partial charge in [0.2, 0.25) is 5.88 Å². The number of ether oxygens (including phenoxy) is 1. The summed E-state index contributed by atoms with van der Waals surface area (Å²) >= 11 is 1.78. The molecule has 0 saturated heterocycles. The Morgan fingerprint density at radius 1 is 1.56 bits per heavy atom. The standard InChI is InChI=1S/C11H18INO3/c1-8-5-6-9(16-12)13(7-8)10(14)15-11(2,3)4/h6,8H,5,7H2,1-4H3. The zero-order chi connectivity index (χ0) is 12.3. The Kier molecular flexibility index (Phi) is 4.46. The molecule has 0 aromatic rings. The van der Waals surface area contributed by atoms with Crippen LogP contribution in [-0.2, 0) is 7.80 Å². The van der Waals surface area contributed by atoms with Crippen molar-refractivity contribution in [3.63, 3.8) is 0 Å². The van der Waals surface area contributed by atoms with Crippen molar-refractivity contribution < 1.29 is 12.6 Å². The Morgan fingerprint density at radius 2 is 2.19 bits per heavy atom. The molecular formula is C11H18INO3. The molecule has 0 aromatic heterocycles. The van der Waals surface area contributed by atoms with E-state index >= 15 is 0 Å². The molecule has 1 heterocycles. The highest BCUT2D eigenvalue weighted by Crippen LogP contribution is 2.24. The summed E-state index contributed by atoms with van der Waals surface area (Å²) in [5.74, 6) is 1.01. The van der Waals surface area contributed by atoms with Gasteiger partial charge in [-0.15, -0.1) is 0 Å². The van der Waals surface area contributed by atoms with Crippen molar-refractivity contribution in [2.45, 2.75) is 39.7 Å². The van der Waals surface area contributed by atoms with Crippen molar-refractivity contribution in [2.24, 2.45) is 5.92 Å². The van der Waals surface area contributed by atoms with Gasteiger partial charge in [-0.2, -0.15) is 0 Å². The van der Waals surface area contributed by atoms with Gasteiger partial charge in [0, 0.05) is 6.54 Å². The van der Waals surface area contributed by atoms with Gasteiger partial charge in [-0.1, -0.05) is 6.92 Å². The Labute approximate surface area is 111 Å². The van der Waals surface area contributed by atoms with E-state index in [9.17, 15) is 4.79 Å². The van der Waals surface area contributed by atoms with Crippen LogP contribution in [-0.4, -0.2) is 23.1 Å². The average molecular weight is 339 g/mol. The lowest BCUT2D eigenvalue weighted by molar-refractivity contribution is 0.0218. The van der Waals surface area contributed by atoms with E-state index in [1.165, 1.54) is 0 Å². The number of amides is 1. The van der Waals surface area contributed by atoms with Gasteiger partial charge in [-0.25, -0.2) is 9.69 Å². The largest absolute Gasteiger partial charge is 0.443 e. The van der Waals surface area contributed by atoms with Gasteiger partial charge in [0.15, 0.2) is 23.0 Å². The van der Waals surface area contributed by atoms with Crippen LogP contribution in [0.4, 0.5) is 4.79 Å². The van der Waals surface area contributed by atoms with Crippen molar-refractivity contribution in [3.05, 3.63) is 12.0 Å². The van der Waals surface area contributed by atoms with E-state index in [2.05, 4.69) is 6.92 Å². The first kappa shape index (κ1) is 13.6. The number of hydrogen-bond acceptors (Lipinski definition) is 3. The van der Waals surface area contributed by atoms with E-state index in [1.54, 1.807) is 27.9 Å². The molecule has 16 heavy (non-hydrogen) atoms. The van der Waals surface area contributed by atoms with Crippen LogP contribution in [0.25, 0.3) is 0 Å². The third kappa shape index (κ3) is 3.84. The average Bonchev–Trinajstić information content (AvgIpc) is 2.15. The number of halogens is 1. The molecule has 1 aliphatic rings. The van der Waals surface area contributed by atoms with E-state index in [0.717, 1.165) is 6.42 Å². The van der Waals surface area contributed by atoms with Gasteiger partial charge in [-0.3, -0.25) is 0 Å². The molecule has 1 atom stereocenters. The maximum atomic E-state index is 11.9. The second kappa shape index (κ2) is 5.25. The molecule has 1 rings (SSSR count). The van der Waals surface area contributed by atoms with Crippen LogP contribution < -0.4 is 0 Å². The lowest BCUT2D eigenvalue weighted by Gasteiger charge is -2.31. The van der Waals surface area contributed by atoms with Crippen LogP contribution in [0.5, 0.6) is 0 Å². The van der Waals surface area contributed by atoms with Crippen LogP contribution in [0.15, 0.2) is 12.0 Å². The molecule has 0 N–H and O–H groups in total. The fourth-order valence-electron chi connectivity index (χ4n) is 1.44.